The Bertz CT molecular complexity index is 243. The molecule has 2 bridgehead atoms. The average Bonchev–Trinajstić information content (AvgIpc) is 2.29. The molecule has 0 aromatic heterocycles. The van der Waals surface area contributed by atoms with Crippen LogP contribution in [0.15, 0.2) is 0 Å². The van der Waals surface area contributed by atoms with Crippen LogP contribution in [0.2, 0.25) is 0 Å². The molecule has 3 rings (SSSR count). The number of fused-ring (bicyclic) bond motifs is 3. The van der Waals surface area contributed by atoms with Crippen molar-refractivity contribution in [1.82, 2.24) is 0 Å². The molecule has 3 heteroatoms. The summed E-state index contributed by atoms with van der Waals surface area (Å²) in [6.07, 6.45) is 5.55. The Morgan fingerprint density at radius 2 is 1.47 bits per heavy atom. The molecular formula is C14H26S3. The molecule has 0 aliphatic carbocycles. The molecule has 0 unspecified atom stereocenters. The number of thioether (sulfide) groups is 3. The quantitative estimate of drug-likeness (QED) is 0.673. The molecule has 0 aromatic rings. The summed E-state index contributed by atoms with van der Waals surface area (Å²) in [6.45, 7) is 9.45. The van der Waals surface area contributed by atoms with Gasteiger partial charge in [-0.1, -0.05) is 34.1 Å². The molecule has 3 heterocycles. The Labute approximate surface area is 120 Å². The summed E-state index contributed by atoms with van der Waals surface area (Å²) in [4.78, 5) is 0. The van der Waals surface area contributed by atoms with Gasteiger partial charge in [0.05, 0.1) is 0 Å². The fourth-order valence-corrected chi connectivity index (χ4v) is 8.34. The van der Waals surface area contributed by atoms with Gasteiger partial charge < -0.3 is 0 Å². The Morgan fingerprint density at radius 3 is 1.88 bits per heavy atom. The van der Waals surface area contributed by atoms with E-state index in [0.29, 0.717) is 14.2 Å². The average molecular weight is 291 g/mol. The van der Waals surface area contributed by atoms with Crippen LogP contribution in [-0.2, 0) is 0 Å². The fourth-order valence-electron chi connectivity index (χ4n) is 2.53. The van der Waals surface area contributed by atoms with Crippen LogP contribution in [0.4, 0.5) is 0 Å². The van der Waals surface area contributed by atoms with Crippen molar-refractivity contribution in [1.29, 1.82) is 0 Å². The van der Waals surface area contributed by atoms with Crippen molar-refractivity contribution in [3.63, 3.8) is 0 Å². The maximum atomic E-state index is 2.37. The van der Waals surface area contributed by atoms with Gasteiger partial charge in [-0.05, 0) is 30.1 Å². The van der Waals surface area contributed by atoms with E-state index in [4.69, 9.17) is 0 Å². The van der Waals surface area contributed by atoms with E-state index >= 15 is 0 Å². The van der Waals surface area contributed by atoms with E-state index in [0.717, 1.165) is 0 Å². The van der Waals surface area contributed by atoms with Crippen molar-refractivity contribution in [2.45, 2.75) is 56.8 Å². The van der Waals surface area contributed by atoms with E-state index in [9.17, 15) is 0 Å². The first-order valence-electron chi connectivity index (χ1n) is 6.81. The lowest BCUT2D eigenvalue weighted by molar-refractivity contribution is 0.361. The summed E-state index contributed by atoms with van der Waals surface area (Å²) in [5.41, 5.74) is 1.17. The van der Waals surface area contributed by atoms with E-state index in [1.165, 1.54) is 42.9 Å². The minimum Gasteiger partial charge on any atom is -0.133 e. The van der Waals surface area contributed by atoms with Crippen LogP contribution in [0, 0.1) is 10.8 Å². The van der Waals surface area contributed by atoms with Crippen molar-refractivity contribution in [2.75, 3.05) is 17.3 Å². The van der Waals surface area contributed by atoms with E-state index in [1.807, 2.05) is 0 Å². The predicted molar refractivity (Wildman–Crippen MR) is 86.1 cm³/mol. The van der Waals surface area contributed by atoms with Crippen LogP contribution < -0.4 is 0 Å². The molecule has 3 aliphatic heterocycles. The number of hydrogen-bond acceptors (Lipinski definition) is 3. The SMILES string of the molecule is CCCC12CSC(CCC(C)(C)C)(SC1)SC2. The van der Waals surface area contributed by atoms with Crippen molar-refractivity contribution in [2.24, 2.45) is 10.8 Å². The van der Waals surface area contributed by atoms with E-state index in [2.05, 4.69) is 63.0 Å². The molecular weight excluding hydrogens is 264 g/mol. The largest absolute Gasteiger partial charge is 0.133 e. The summed E-state index contributed by atoms with van der Waals surface area (Å²) in [5.74, 6) is 4.26. The van der Waals surface area contributed by atoms with Crippen molar-refractivity contribution in [3.05, 3.63) is 0 Å². The Hall–Kier alpha value is 1.05. The number of rotatable bonds is 4. The molecule has 17 heavy (non-hydrogen) atoms. The Kier molecular flexibility index (Phi) is 4.43. The van der Waals surface area contributed by atoms with Crippen molar-refractivity contribution < 1.29 is 0 Å². The lowest BCUT2D eigenvalue weighted by Crippen LogP contribution is -2.44. The van der Waals surface area contributed by atoms with Gasteiger partial charge >= 0.3 is 0 Å². The first kappa shape index (κ1) is 14.5. The second-order valence-electron chi connectivity index (χ2n) is 6.86. The molecule has 100 valence electrons. The zero-order valence-electron chi connectivity index (χ0n) is 11.7. The molecule has 0 spiro atoms. The first-order valence-corrected chi connectivity index (χ1v) is 9.76. The maximum Gasteiger partial charge on any atom is 0.107 e. The molecule has 0 saturated carbocycles. The second kappa shape index (κ2) is 5.20. The van der Waals surface area contributed by atoms with Gasteiger partial charge in [0, 0.05) is 17.3 Å². The summed E-state index contributed by atoms with van der Waals surface area (Å²) < 4.78 is 0.517. The van der Waals surface area contributed by atoms with Crippen molar-refractivity contribution in [3.8, 4) is 0 Å². The minimum absolute atomic E-state index is 0.492. The molecule has 3 fully saturated rings. The topological polar surface area (TPSA) is 0 Å². The van der Waals surface area contributed by atoms with Gasteiger partial charge in [-0.15, -0.1) is 35.3 Å². The Balaban J connectivity index is 1.90. The zero-order chi connectivity index (χ0) is 12.6. The molecule has 0 radical (unpaired) electrons. The van der Waals surface area contributed by atoms with Crippen LogP contribution in [0.3, 0.4) is 0 Å². The van der Waals surface area contributed by atoms with E-state index in [-0.39, 0.29) is 0 Å². The van der Waals surface area contributed by atoms with Gasteiger partial charge in [0.1, 0.15) is 3.41 Å². The highest BCUT2D eigenvalue weighted by Crippen LogP contribution is 2.64. The lowest BCUT2D eigenvalue weighted by atomic mass is 9.89. The van der Waals surface area contributed by atoms with Crippen LogP contribution in [0.5, 0.6) is 0 Å². The van der Waals surface area contributed by atoms with E-state index in [1.54, 1.807) is 0 Å². The molecule has 0 aromatic carbocycles. The normalized spacial score (nSPS) is 37.4. The lowest BCUT2D eigenvalue weighted by Gasteiger charge is -2.52. The van der Waals surface area contributed by atoms with Gasteiger partial charge in [-0.3, -0.25) is 0 Å². The molecule has 3 saturated heterocycles. The van der Waals surface area contributed by atoms with Gasteiger partial charge in [-0.25, -0.2) is 0 Å². The predicted octanol–water partition coefficient (Wildman–Crippen LogP) is 5.48. The molecule has 3 aliphatic rings. The second-order valence-corrected chi connectivity index (χ2v) is 11.5. The van der Waals surface area contributed by atoms with Gasteiger partial charge in [0.15, 0.2) is 0 Å². The standard InChI is InChI=1S/C14H26S3/c1-5-6-13-9-15-14(16-10-13,17-11-13)8-7-12(2,3)4/h5-11H2,1-4H3. The molecule has 0 amide bonds. The van der Waals surface area contributed by atoms with Crippen LogP contribution >= 0.6 is 35.3 Å². The smallest absolute Gasteiger partial charge is 0.107 e. The minimum atomic E-state index is 0.492. The third kappa shape index (κ3) is 3.54. The first-order chi connectivity index (χ1) is 7.89. The Morgan fingerprint density at radius 1 is 0.941 bits per heavy atom. The third-order valence-electron chi connectivity index (χ3n) is 3.76. The van der Waals surface area contributed by atoms with Gasteiger partial charge in [0.2, 0.25) is 0 Å². The zero-order valence-corrected chi connectivity index (χ0v) is 14.1. The fraction of sp³-hybridized carbons (Fsp3) is 1.00. The van der Waals surface area contributed by atoms with E-state index < -0.39 is 0 Å². The van der Waals surface area contributed by atoms with Crippen molar-refractivity contribution >= 4 is 35.3 Å². The summed E-state index contributed by atoms with van der Waals surface area (Å²) in [5, 5.41) is 0. The van der Waals surface area contributed by atoms with Crippen LogP contribution in [0.1, 0.15) is 53.4 Å². The number of hydrogen-bond donors (Lipinski definition) is 0. The summed E-state index contributed by atoms with van der Waals surface area (Å²) in [6, 6.07) is 0. The van der Waals surface area contributed by atoms with Gasteiger partial charge in [0.25, 0.3) is 0 Å². The molecule has 0 atom stereocenters. The molecule has 0 nitrogen and oxygen atoms in total. The maximum absolute atomic E-state index is 2.37. The van der Waals surface area contributed by atoms with Crippen LogP contribution in [-0.4, -0.2) is 20.7 Å². The third-order valence-corrected chi connectivity index (χ3v) is 10.1. The monoisotopic (exact) mass is 290 g/mol. The highest BCUT2D eigenvalue weighted by atomic mass is 32.3. The summed E-state index contributed by atoms with van der Waals surface area (Å²) in [7, 11) is 0. The van der Waals surface area contributed by atoms with Crippen LogP contribution in [0.25, 0.3) is 0 Å². The highest BCUT2D eigenvalue weighted by Gasteiger charge is 2.50. The van der Waals surface area contributed by atoms with Gasteiger partial charge in [-0.2, -0.15) is 0 Å². The summed E-state index contributed by atoms with van der Waals surface area (Å²) >= 11 is 6.80. The highest BCUT2D eigenvalue weighted by molar-refractivity contribution is 8.34. The molecule has 0 N–H and O–H groups in total.